The standard InChI is InChI=1S/C15H21N5O5/c1-14(2)24-9-7(5-21)23-12(15(9,3)25-14)20-6-17-8-10(20)18-13(16)19(4)11(8)22/h6-7,9,12,21H,5H2,1-4H3,(H2,16,18). The summed E-state index contributed by atoms with van der Waals surface area (Å²) in [6.45, 7) is 5.24. The number of nitrogens with zero attached hydrogens (tertiary/aromatic N) is 4. The normalized spacial score (nSPS) is 33.9. The van der Waals surface area contributed by atoms with E-state index in [1.807, 2.05) is 6.92 Å². The lowest BCUT2D eigenvalue weighted by atomic mass is 9.96. The Hall–Kier alpha value is -2.01. The van der Waals surface area contributed by atoms with Gasteiger partial charge in [0.25, 0.3) is 5.56 Å². The Kier molecular flexibility index (Phi) is 3.30. The fraction of sp³-hybridized carbons (Fsp3) is 0.667. The molecule has 136 valence electrons. The topological polar surface area (TPSA) is 127 Å². The number of hydrogen-bond donors (Lipinski definition) is 2. The van der Waals surface area contributed by atoms with Crippen LogP contribution in [-0.2, 0) is 21.3 Å². The summed E-state index contributed by atoms with van der Waals surface area (Å²) in [5, 5.41) is 9.68. The molecule has 2 aliphatic heterocycles. The zero-order chi connectivity index (χ0) is 18.1. The minimum atomic E-state index is -0.887. The predicted molar refractivity (Wildman–Crippen MR) is 86.6 cm³/mol. The van der Waals surface area contributed by atoms with Crippen LogP contribution in [0.3, 0.4) is 0 Å². The lowest BCUT2D eigenvalue weighted by molar-refractivity contribution is -0.217. The average molecular weight is 351 g/mol. The maximum atomic E-state index is 12.3. The number of aromatic nitrogens is 4. The van der Waals surface area contributed by atoms with Crippen LogP contribution >= 0.6 is 0 Å². The molecule has 2 aliphatic rings. The minimum absolute atomic E-state index is 0.0709. The van der Waals surface area contributed by atoms with E-state index in [1.165, 1.54) is 17.9 Å². The van der Waals surface area contributed by atoms with Crippen molar-refractivity contribution < 1.29 is 19.3 Å². The van der Waals surface area contributed by atoms with Gasteiger partial charge in [-0.05, 0) is 20.8 Å². The molecule has 0 spiro atoms. The van der Waals surface area contributed by atoms with Crippen molar-refractivity contribution >= 4 is 17.1 Å². The van der Waals surface area contributed by atoms with Gasteiger partial charge in [-0.2, -0.15) is 4.98 Å². The fourth-order valence-corrected chi connectivity index (χ4v) is 3.76. The Labute approximate surface area is 143 Å². The Morgan fingerprint density at radius 3 is 2.80 bits per heavy atom. The number of nitrogens with two attached hydrogens (primary N) is 1. The SMILES string of the molecule is Cn1c(N)nc2c(ncn2C2OC(CO)C3OC(C)(C)OC32C)c1=O. The molecule has 4 rings (SSSR count). The van der Waals surface area contributed by atoms with Crippen molar-refractivity contribution in [3.8, 4) is 0 Å². The maximum Gasteiger partial charge on any atom is 0.282 e. The Balaban J connectivity index is 1.88. The molecule has 0 bridgehead atoms. The molecular formula is C15H21N5O5. The molecular weight excluding hydrogens is 330 g/mol. The molecule has 10 heteroatoms. The molecule has 10 nitrogen and oxygen atoms in total. The summed E-state index contributed by atoms with van der Waals surface area (Å²) in [6.07, 6.45) is -0.252. The van der Waals surface area contributed by atoms with Crippen LogP contribution in [0, 0.1) is 0 Å². The van der Waals surface area contributed by atoms with Crippen molar-refractivity contribution in [1.29, 1.82) is 0 Å². The first-order valence-corrected chi connectivity index (χ1v) is 8.01. The van der Waals surface area contributed by atoms with Crippen molar-refractivity contribution in [2.45, 2.75) is 50.6 Å². The maximum absolute atomic E-state index is 12.3. The summed E-state index contributed by atoms with van der Waals surface area (Å²) in [6, 6.07) is 0. The van der Waals surface area contributed by atoms with E-state index in [0.717, 1.165) is 0 Å². The summed E-state index contributed by atoms with van der Waals surface area (Å²) in [5.74, 6) is -0.755. The van der Waals surface area contributed by atoms with Gasteiger partial charge < -0.3 is 25.1 Å². The van der Waals surface area contributed by atoms with Gasteiger partial charge in [-0.15, -0.1) is 0 Å². The van der Waals surface area contributed by atoms with Crippen molar-refractivity contribution in [3.63, 3.8) is 0 Å². The number of hydrogen-bond acceptors (Lipinski definition) is 8. The summed E-state index contributed by atoms with van der Waals surface area (Å²) in [7, 11) is 1.53. The van der Waals surface area contributed by atoms with Crippen molar-refractivity contribution in [3.05, 3.63) is 16.7 Å². The molecule has 4 unspecified atom stereocenters. The molecule has 0 aliphatic carbocycles. The highest BCUT2D eigenvalue weighted by molar-refractivity contribution is 5.71. The first-order chi connectivity index (χ1) is 11.7. The number of ether oxygens (including phenoxy) is 3. The van der Waals surface area contributed by atoms with Crippen LogP contribution in [0.25, 0.3) is 11.2 Å². The highest BCUT2D eigenvalue weighted by Gasteiger charge is 2.64. The highest BCUT2D eigenvalue weighted by atomic mass is 16.8. The van der Waals surface area contributed by atoms with Crippen molar-refractivity contribution in [2.24, 2.45) is 7.05 Å². The molecule has 0 aromatic carbocycles. The van der Waals surface area contributed by atoms with E-state index in [-0.39, 0.29) is 23.6 Å². The molecule has 3 N–H and O–H groups in total. The summed E-state index contributed by atoms with van der Waals surface area (Å²) in [4.78, 5) is 20.8. The summed E-state index contributed by atoms with van der Waals surface area (Å²) < 4.78 is 20.9. The van der Waals surface area contributed by atoms with Crippen molar-refractivity contribution in [2.75, 3.05) is 12.3 Å². The van der Waals surface area contributed by atoms with Gasteiger partial charge in [0.05, 0.1) is 12.9 Å². The highest BCUT2D eigenvalue weighted by Crippen LogP contribution is 2.51. The lowest BCUT2D eigenvalue weighted by Gasteiger charge is -2.30. The van der Waals surface area contributed by atoms with E-state index >= 15 is 0 Å². The predicted octanol–water partition coefficient (Wildman–Crippen LogP) is -0.488. The third-order valence-corrected chi connectivity index (χ3v) is 4.84. The van der Waals surface area contributed by atoms with E-state index in [1.54, 1.807) is 18.4 Å². The number of nitrogen functional groups attached to an aromatic ring is 1. The van der Waals surface area contributed by atoms with Gasteiger partial charge in [0.2, 0.25) is 5.95 Å². The minimum Gasteiger partial charge on any atom is -0.394 e. The van der Waals surface area contributed by atoms with Gasteiger partial charge in [-0.1, -0.05) is 0 Å². The second kappa shape index (κ2) is 5.01. The molecule has 4 heterocycles. The van der Waals surface area contributed by atoms with Crippen molar-refractivity contribution in [1.82, 2.24) is 19.1 Å². The molecule has 2 saturated heterocycles. The molecule has 2 fully saturated rings. The number of anilines is 1. The molecule has 2 aromatic heterocycles. The van der Waals surface area contributed by atoms with Gasteiger partial charge in [0.1, 0.15) is 17.8 Å². The monoisotopic (exact) mass is 351 g/mol. The number of aliphatic hydroxyl groups is 1. The van der Waals surface area contributed by atoms with Crippen LogP contribution in [-0.4, -0.2) is 54.4 Å². The summed E-state index contributed by atoms with van der Waals surface area (Å²) >= 11 is 0. The third-order valence-electron chi connectivity index (χ3n) is 4.84. The molecule has 0 radical (unpaired) electrons. The second-order valence-corrected chi connectivity index (χ2v) is 7.09. The molecule has 0 amide bonds. The van der Waals surface area contributed by atoms with E-state index < -0.39 is 29.8 Å². The third kappa shape index (κ3) is 2.15. The van der Waals surface area contributed by atoms with E-state index in [2.05, 4.69) is 9.97 Å². The number of rotatable bonds is 2. The van der Waals surface area contributed by atoms with Gasteiger partial charge in [-0.25, -0.2) is 4.98 Å². The van der Waals surface area contributed by atoms with Crippen LogP contribution in [0.15, 0.2) is 11.1 Å². The van der Waals surface area contributed by atoms with Crippen LogP contribution in [0.2, 0.25) is 0 Å². The zero-order valence-electron chi connectivity index (χ0n) is 14.5. The number of aliphatic hydroxyl groups excluding tert-OH is 1. The molecule has 25 heavy (non-hydrogen) atoms. The first kappa shape index (κ1) is 16.5. The van der Waals surface area contributed by atoms with Crippen LogP contribution in [0.4, 0.5) is 5.95 Å². The van der Waals surface area contributed by atoms with Crippen LogP contribution < -0.4 is 11.3 Å². The Morgan fingerprint density at radius 1 is 1.40 bits per heavy atom. The quantitative estimate of drug-likeness (QED) is 0.742. The number of fused-ring (bicyclic) bond motifs is 2. The largest absolute Gasteiger partial charge is 0.394 e. The second-order valence-electron chi connectivity index (χ2n) is 7.09. The van der Waals surface area contributed by atoms with Gasteiger partial charge in [0.15, 0.2) is 23.2 Å². The lowest BCUT2D eigenvalue weighted by Crippen LogP contribution is -2.42. The molecule has 2 aromatic rings. The van der Waals surface area contributed by atoms with E-state index in [9.17, 15) is 9.90 Å². The fourth-order valence-electron chi connectivity index (χ4n) is 3.76. The summed E-state index contributed by atoms with van der Waals surface area (Å²) in [5.41, 5.74) is 5.08. The Bertz CT molecular complexity index is 906. The average Bonchev–Trinajstić information content (AvgIpc) is 3.12. The zero-order valence-corrected chi connectivity index (χ0v) is 14.5. The van der Waals surface area contributed by atoms with Gasteiger partial charge in [-0.3, -0.25) is 13.9 Å². The smallest absolute Gasteiger partial charge is 0.282 e. The number of imidazole rings is 1. The van der Waals surface area contributed by atoms with E-state index in [0.29, 0.717) is 5.65 Å². The first-order valence-electron chi connectivity index (χ1n) is 8.01. The molecule has 0 saturated carbocycles. The van der Waals surface area contributed by atoms with Crippen LogP contribution in [0.1, 0.15) is 27.0 Å². The molecule has 4 atom stereocenters. The van der Waals surface area contributed by atoms with Gasteiger partial charge in [0, 0.05) is 7.05 Å². The van der Waals surface area contributed by atoms with Gasteiger partial charge >= 0.3 is 0 Å². The van der Waals surface area contributed by atoms with Crippen LogP contribution in [0.5, 0.6) is 0 Å². The van der Waals surface area contributed by atoms with E-state index in [4.69, 9.17) is 19.9 Å². The Morgan fingerprint density at radius 2 is 2.12 bits per heavy atom.